The Kier molecular flexibility index (Phi) is 10.5. The van der Waals surface area contributed by atoms with Crippen molar-refractivity contribution in [1.82, 2.24) is 10.6 Å². The molecule has 2 aromatic carbocycles. The predicted octanol–water partition coefficient (Wildman–Crippen LogP) is 3.06. The summed E-state index contributed by atoms with van der Waals surface area (Å²) < 4.78 is 13.0. The lowest BCUT2D eigenvalue weighted by atomic mass is 9.98. The molecule has 0 aliphatic heterocycles. The molecule has 0 saturated carbocycles. The smallest absolute Gasteiger partial charge is 0.222 e. The molecule has 0 fully saturated rings. The number of aliphatic imine (C=N–C) groups is 1. The van der Waals surface area contributed by atoms with E-state index in [9.17, 15) is 9.18 Å². The third kappa shape index (κ3) is 7.84. The Labute approximate surface area is 183 Å². The number of carbonyl (C=O) groups is 1. The van der Waals surface area contributed by atoms with E-state index in [0.29, 0.717) is 31.4 Å². The fourth-order valence-corrected chi connectivity index (χ4v) is 2.77. The number of benzene rings is 2. The lowest BCUT2D eigenvalue weighted by Crippen LogP contribution is -2.44. The molecule has 28 heavy (non-hydrogen) atoms. The summed E-state index contributed by atoms with van der Waals surface area (Å²) in [5.74, 6) is -0.191. The maximum atomic E-state index is 13.0. The Hall–Kier alpha value is -2.16. The number of primary amides is 1. The molecule has 2 unspecified atom stereocenters. The number of amides is 1. The van der Waals surface area contributed by atoms with E-state index < -0.39 is 11.8 Å². The maximum absolute atomic E-state index is 13.0. The highest BCUT2D eigenvalue weighted by Gasteiger charge is 2.17. The molecule has 4 N–H and O–H groups in total. The summed E-state index contributed by atoms with van der Waals surface area (Å²) in [6.45, 7) is 3.20. The molecular formula is C21H28FIN4O. The molecule has 2 aromatic rings. The first-order valence-electron chi connectivity index (χ1n) is 9.02. The van der Waals surface area contributed by atoms with Crippen LogP contribution in [0.4, 0.5) is 4.39 Å². The van der Waals surface area contributed by atoms with Gasteiger partial charge in [0.05, 0.1) is 5.92 Å². The fraction of sp³-hybridized carbons (Fsp3) is 0.333. The van der Waals surface area contributed by atoms with Gasteiger partial charge in [-0.2, -0.15) is 0 Å². The lowest BCUT2D eigenvalue weighted by Gasteiger charge is -2.19. The highest BCUT2D eigenvalue weighted by Crippen LogP contribution is 2.13. The van der Waals surface area contributed by atoms with E-state index in [1.165, 1.54) is 17.7 Å². The van der Waals surface area contributed by atoms with Crippen LogP contribution >= 0.6 is 24.0 Å². The minimum absolute atomic E-state index is 0. The summed E-state index contributed by atoms with van der Waals surface area (Å²) in [6, 6.07) is 16.3. The van der Waals surface area contributed by atoms with Crippen LogP contribution in [0.3, 0.4) is 0 Å². The van der Waals surface area contributed by atoms with Crippen LogP contribution in [-0.4, -0.2) is 32.0 Å². The summed E-state index contributed by atoms with van der Waals surface area (Å²) in [5, 5.41) is 6.42. The number of guanidine groups is 1. The summed E-state index contributed by atoms with van der Waals surface area (Å²) in [5.41, 5.74) is 7.63. The second kappa shape index (κ2) is 12.3. The van der Waals surface area contributed by atoms with Crippen LogP contribution in [0.25, 0.3) is 0 Å². The van der Waals surface area contributed by atoms with Gasteiger partial charge in [0.15, 0.2) is 5.96 Å². The van der Waals surface area contributed by atoms with Crippen molar-refractivity contribution in [2.24, 2.45) is 16.6 Å². The molecule has 0 aromatic heterocycles. The topological polar surface area (TPSA) is 79.5 Å². The van der Waals surface area contributed by atoms with Gasteiger partial charge < -0.3 is 16.4 Å². The molecular weight excluding hydrogens is 470 g/mol. The van der Waals surface area contributed by atoms with Crippen LogP contribution < -0.4 is 16.4 Å². The highest BCUT2D eigenvalue weighted by atomic mass is 127. The average molecular weight is 498 g/mol. The Morgan fingerprint density at radius 1 is 1.07 bits per heavy atom. The molecule has 7 heteroatoms. The first-order chi connectivity index (χ1) is 13.0. The zero-order valence-electron chi connectivity index (χ0n) is 16.2. The summed E-state index contributed by atoms with van der Waals surface area (Å²) in [4.78, 5) is 16.0. The van der Waals surface area contributed by atoms with E-state index in [2.05, 4.69) is 34.7 Å². The SMILES string of the molecule is CN=C(NCC(Cc1ccc(F)cc1)C(N)=O)NCC(C)c1ccccc1.I. The summed E-state index contributed by atoms with van der Waals surface area (Å²) >= 11 is 0. The third-order valence-corrected chi connectivity index (χ3v) is 4.48. The molecule has 0 spiro atoms. The van der Waals surface area contributed by atoms with Crippen molar-refractivity contribution in [2.45, 2.75) is 19.3 Å². The standard InChI is InChI=1S/C21H27FN4O.HI/c1-15(17-6-4-3-5-7-17)13-25-21(24-2)26-14-18(20(23)27)12-16-8-10-19(22)11-9-16;/h3-11,15,18H,12-14H2,1-2H3,(H2,23,27)(H2,24,25,26);1H. The van der Waals surface area contributed by atoms with Crippen molar-refractivity contribution in [3.63, 3.8) is 0 Å². The third-order valence-electron chi connectivity index (χ3n) is 4.48. The normalized spacial score (nSPS) is 13.2. The molecule has 5 nitrogen and oxygen atoms in total. The Balaban J connectivity index is 0.00000392. The second-order valence-electron chi connectivity index (χ2n) is 6.58. The van der Waals surface area contributed by atoms with Crippen molar-refractivity contribution in [2.75, 3.05) is 20.1 Å². The first kappa shape index (κ1) is 23.9. The first-order valence-corrected chi connectivity index (χ1v) is 9.02. The number of halogens is 2. The Bertz CT molecular complexity index is 753. The monoisotopic (exact) mass is 498 g/mol. The maximum Gasteiger partial charge on any atom is 0.222 e. The van der Waals surface area contributed by atoms with Gasteiger partial charge in [0.25, 0.3) is 0 Å². The van der Waals surface area contributed by atoms with Gasteiger partial charge in [-0.15, -0.1) is 24.0 Å². The van der Waals surface area contributed by atoms with E-state index in [4.69, 9.17) is 5.73 Å². The molecule has 2 atom stereocenters. The number of nitrogens with two attached hydrogens (primary N) is 1. The highest BCUT2D eigenvalue weighted by molar-refractivity contribution is 14.0. The van der Waals surface area contributed by atoms with Crippen LogP contribution in [0, 0.1) is 11.7 Å². The number of rotatable bonds is 8. The van der Waals surface area contributed by atoms with E-state index in [0.717, 1.165) is 5.56 Å². The van der Waals surface area contributed by atoms with Crippen molar-refractivity contribution < 1.29 is 9.18 Å². The van der Waals surface area contributed by atoms with Crippen LogP contribution in [0.1, 0.15) is 24.0 Å². The molecule has 0 radical (unpaired) electrons. The van der Waals surface area contributed by atoms with Gasteiger partial charge in [0, 0.05) is 20.1 Å². The van der Waals surface area contributed by atoms with Crippen molar-refractivity contribution >= 4 is 35.8 Å². The molecule has 0 bridgehead atoms. The summed E-state index contributed by atoms with van der Waals surface area (Å²) in [7, 11) is 1.68. The van der Waals surface area contributed by atoms with Gasteiger partial charge in [-0.3, -0.25) is 9.79 Å². The lowest BCUT2D eigenvalue weighted by molar-refractivity contribution is -0.121. The molecule has 0 saturated heterocycles. The van der Waals surface area contributed by atoms with Gasteiger partial charge in [0.1, 0.15) is 5.82 Å². The molecule has 0 aliphatic carbocycles. The van der Waals surface area contributed by atoms with Gasteiger partial charge >= 0.3 is 0 Å². The molecule has 2 rings (SSSR count). The zero-order valence-corrected chi connectivity index (χ0v) is 18.5. The molecule has 1 amide bonds. The van der Waals surface area contributed by atoms with Crippen molar-refractivity contribution in [1.29, 1.82) is 0 Å². The molecule has 0 aliphatic rings. The van der Waals surface area contributed by atoms with Crippen molar-refractivity contribution in [3.05, 3.63) is 71.5 Å². The minimum Gasteiger partial charge on any atom is -0.369 e. The Morgan fingerprint density at radius 3 is 2.25 bits per heavy atom. The number of carbonyl (C=O) groups excluding carboxylic acids is 1. The van der Waals surface area contributed by atoms with Gasteiger partial charge in [-0.1, -0.05) is 49.4 Å². The molecule has 0 heterocycles. The fourth-order valence-electron chi connectivity index (χ4n) is 2.77. The van der Waals surface area contributed by atoms with Gasteiger partial charge in [0.2, 0.25) is 5.91 Å². The Morgan fingerprint density at radius 2 is 1.68 bits per heavy atom. The predicted molar refractivity (Wildman–Crippen MR) is 122 cm³/mol. The van der Waals surface area contributed by atoms with Crippen LogP contribution in [0.2, 0.25) is 0 Å². The van der Waals surface area contributed by atoms with E-state index in [-0.39, 0.29) is 29.8 Å². The largest absolute Gasteiger partial charge is 0.369 e. The van der Waals surface area contributed by atoms with Crippen LogP contribution in [0.5, 0.6) is 0 Å². The van der Waals surface area contributed by atoms with Crippen LogP contribution in [-0.2, 0) is 11.2 Å². The molecule has 152 valence electrons. The quantitative estimate of drug-likeness (QED) is 0.298. The van der Waals surface area contributed by atoms with Crippen molar-refractivity contribution in [3.8, 4) is 0 Å². The van der Waals surface area contributed by atoms with Crippen LogP contribution in [0.15, 0.2) is 59.6 Å². The average Bonchev–Trinajstić information content (AvgIpc) is 2.68. The minimum atomic E-state index is -0.416. The number of nitrogens with zero attached hydrogens (tertiary/aromatic N) is 1. The number of nitrogens with one attached hydrogen (secondary N) is 2. The second-order valence-corrected chi connectivity index (χ2v) is 6.58. The summed E-state index contributed by atoms with van der Waals surface area (Å²) in [6.07, 6.45) is 0.444. The van der Waals surface area contributed by atoms with E-state index in [1.54, 1.807) is 19.2 Å². The van der Waals surface area contributed by atoms with E-state index >= 15 is 0 Å². The zero-order chi connectivity index (χ0) is 19.6. The number of hydrogen-bond donors (Lipinski definition) is 3. The van der Waals surface area contributed by atoms with E-state index in [1.807, 2.05) is 18.2 Å². The van der Waals surface area contributed by atoms with Gasteiger partial charge in [-0.25, -0.2) is 4.39 Å². The number of hydrogen-bond acceptors (Lipinski definition) is 2. The van der Waals surface area contributed by atoms with Gasteiger partial charge in [-0.05, 0) is 35.6 Å².